The summed E-state index contributed by atoms with van der Waals surface area (Å²) >= 11 is 0. The van der Waals surface area contributed by atoms with Crippen molar-refractivity contribution in [2.75, 3.05) is 43.4 Å². The topological polar surface area (TPSA) is 109 Å². The Balaban J connectivity index is 1.55. The van der Waals surface area contributed by atoms with Crippen molar-refractivity contribution < 1.29 is 9.53 Å². The largest absolute Gasteiger partial charge is 0.388 e. The van der Waals surface area contributed by atoms with E-state index in [2.05, 4.69) is 47.1 Å². The first-order valence-electron chi connectivity index (χ1n) is 10.6. The molecule has 0 radical (unpaired) electrons. The molecule has 0 spiro atoms. The number of hydrogen-bond donors (Lipinski definition) is 1. The molecule has 1 saturated heterocycles. The minimum absolute atomic E-state index is 0.0146. The average Bonchev–Trinajstić information content (AvgIpc) is 2.79. The number of piperazine rings is 1. The van der Waals surface area contributed by atoms with E-state index in [4.69, 9.17) is 4.74 Å². The average molecular weight is 435 g/mol. The highest BCUT2D eigenvalue weighted by Gasteiger charge is 2.20. The molecule has 0 saturated carbocycles. The van der Waals surface area contributed by atoms with E-state index < -0.39 is 0 Å². The zero-order chi connectivity index (χ0) is 22.5. The van der Waals surface area contributed by atoms with Crippen LogP contribution >= 0.6 is 0 Å². The molecule has 1 amide bonds. The summed E-state index contributed by atoms with van der Waals surface area (Å²) in [5.41, 5.74) is 1.47. The fourth-order valence-electron chi connectivity index (χ4n) is 3.24. The number of likely N-dealkylation sites (N-methyl/N-ethyl adjacent to an activating group) is 1. The van der Waals surface area contributed by atoms with Crippen LogP contribution in [0.4, 0.5) is 11.6 Å². The second kappa shape index (κ2) is 9.65. The number of aromatic nitrogens is 5. The Morgan fingerprint density at radius 3 is 2.44 bits per heavy atom. The second-order valence-electron chi connectivity index (χ2n) is 7.58. The third-order valence-corrected chi connectivity index (χ3v) is 5.03. The molecule has 1 aliphatic rings. The maximum Gasteiger partial charge on any atom is 0.329 e. The summed E-state index contributed by atoms with van der Waals surface area (Å²) in [5, 5.41) is 2.81. The van der Waals surface area contributed by atoms with E-state index in [0.717, 1.165) is 26.2 Å². The lowest BCUT2D eigenvalue weighted by Gasteiger charge is -2.32. The summed E-state index contributed by atoms with van der Waals surface area (Å²) in [5.74, 6) is 0.850. The van der Waals surface area contributed by atoms with E-state index in [-0.39, 0.29) is 23.6 Å². The molecule has 0 unspecified atom stereocenters. The number of para-hydroxylation sites is 1. The van der Waals surface area contributed by atoms with Crippen LogP contribution in [0.5, 0.6) is 12.0 Å². The van der Waals surface area contributed by atoms with Crippen LogP contribution in [0.25, 0.3) is 0 Å². The molecular weight excluding hydrogens is 408 g/mol. The van der Waals surface area contributed by atoms with Gasteiger partial charge in [-0.1, -0.05) is 25.1 Å². The van der Waals surface area contributed by atoms with Gasteiger partial charge in [0.05, 0.1) is 0 Å². The normalized spacial score (nSPS) is 14.3. The van der Waals surface area contributed by atoms with E-state index in [9.17, 15) is 4.79 Å². The quantitative estimate of drug-likeness (QED) is 0.625. The molecule has 3 heterocycles. The van der Waals surface area contributed by atoms with Crippen LogP contribution in [0.1, 0.15) is 28.9 Å². The molecule has 32 heavy (non-hydrogen) atoms. The van der Waals surface area contributed by atoms with Crippen LogP contribution in [-0.2, 0) is 6.42 Å². The van der Waals surface area contributed by atoms with Gasteiger partial charge in [0.2, 0.25) is 5.95 Å². The minimum Gasteiger partial charge on any atom is -0.388 e. The van der Waals surface area contributed by atoms with Crippen molar-refractivity contribution in [3.63, 3.8) is 0 Å². The Morgan fingerprint density at radius 2 is 1.72 bits per heavy atom. The number of nitrogens with one attached hydrogen (secondary N) is 1. The number of rotatable bonds is 6. The molecule has 0 atom stereocenters. The first kappa shape index (κ1) is 21.6. The molecule has 10 heteroatoms. The van der Waals surface area contributed by atoms with Crippen molar-refractivity contribution in [2.24, 2.45) is 0 Å². The highest BCUT2D eigenvalue weighted by molar-refractivity contribution is 6.02. The van der Waals surface area contributed by atoms with Crippen molar-refractivity contribution in [1.82, 2.24) is 29.8 Å². The summed E-state index contributed by atoms with van der Waals surface area (Å²) in [6.07, 6.45) is 0.638. The fourth-order valence-corrected chi connectivity index (χ4v) is 3.24. The number of anilines is 2. The molecule has 1 N–H and O–H groups in total. The monoisotopic (exact) mass is 434 g/mol. The van der Waals surface area contributed by atoms with Crippen LogP contribution in [-0.4, -0.2) is 69.0 Å². The van der Waals surface area contributed by atoms with E-state index >= 15 is 0 Å². The summed E-state index contributed by atoms with van der Waals surface area (Å²) in [6, 6.07) is 10.9. The number of carbonyl (C=O) groups is 1. The van der Waals surface area contributed by atoms with Crippen LogP contribution in [0, 0.1) is 6.92 Å². The van der Waals surface area contributed by atoms with Crippen molar-refractivity contribution in [2.45, 2.75) is 20.3 Å². The van der Waals surface area contributed by atoms with Gasteiger partial charge in [-0.2, -0.15) is 19.9 Å². The predicted molar refractivity (Wildman–Crippen MR) is 120 cm³/mol. The molecule has 10 nitrogen and oxygen atoms in total. The predicted octanol–water partition coefficient (Wildman–Crippen LogP) is 2.33. The molecule has 166 valence electrons. The Bertz CT molecular complexity index is 1080. The third kappa shape index (κ3) is 5.33. The van der Waals surface area contributed by atoms with Crippen molar-refractivity contribution in [3.8, 4) is 12.0 Å². The van der Waals surface area contributed by atoms with Crippen molar-refractivity contribution in [1.29, 1.82) is 0 Å². The van der Waals surface area contributed by atoms with Gasteiger partial charge < -0.3 is 19.9 Å². The van der Waals surface area contributed by atoms with Gasteiger partial charge in [0.1, 0.15) is 11.5 Å². The molecule has 0 aliphatic carbocycles. The Kier molecular flexibility index (Phi) is 6.50. The van der Waals surface area contributed by atoms with E-state index in [1.54, 1.807) is 25.1 Å². The van der Waals surface area contributed by atoms with Crippen molar-refractivity contribution >= 4 is 17.5 Å². The highest BCUT2D eigenvalue weighted by atomic mass is 16.5. The Morgan fingerprint density at radius 1 is 1.00 bits per heavy atom. The molecule has 4 rings (SSSR count). The summed E-state index contributed by atoms with van der Waals surface area (Å²) in [7, 11) is 2.09. The molecule has 3 aromatic rings. The first-order valence-corrected chi connectivity index (χ1v) is 10.6. The minimum atomic E-state index is -0.352. The number of amides is 1. The SMILES string of the molecule is CCc1nc(Oc2nc(C)cc(C(=O)Nc3ccccc3)n2)nc(N2CCN(C)CC2)n1. The number of hydrogen-bond acceptors (Lipinski definition) is 9. The smallest absolute Gasteiger partial charge is 0.329 e. The number of ether oxygens (including phenoxy) is 1. The van der Waals surface area contributed by atoms with Gasteiger partial charge in [-0.15, -0.1) is 0 Å². The van der Waals surface area contributed by atoms with Crippen LogP contribution in [0.15, 0.2) is 36.4 Å². The second-order valence-corrected chi connectivity index (χ2v) is 7.58. The lowest BCUT2D eigenvalue weighted by molar-refractivity contribution is 0.102. The zero-order valence-corrected chi connectivity index (χ0v) is 18.4. The van der Waals surface area contributed by atoms with Crippen LogP contribution < -0.4 is 15.0 Å². The molecule has 1 aromatic carbocycles. The van der Waals surface area contributed by atoms with Gasteiger partial charge in [-0.3, -0.25) is 4.79 Å². The van der Waals surface area contributed by atoms with Crippen molar-refractivity contribution in [3.05, 3.63) is 53.6 Å². The van der Waals surface area contributed by atoms with Crippen LogP contribution in [0.3, 0.4) is 0 Å². The molecule has 2 aromatic heterocycles. The van der Waals surface area contributed by atoms with Gasteiger partial charge in [0, 0.05) is 44.0 Å². The molecule has 1 aliphatic heterocycles. The van der Waals surface area contributed by atoms with E-state index in [1.165, 1.54) is 0 Å². The van der Waals surface area contributed by atoms with Gasteiger partial charge in [0.15, 0.2) is 0 Å². The van der Waals surface area contributed by atoms with Gasteiger partial charge >= 0.3 is 12.0 Å². The maximum absolute atomic E-state index is 12.6. The fraction of sp³-hybridized carbons (Fsp3) is 0.364. The van der Waals surface area contributed by atoms with Gasteiger partial charge in [-0.25, -0.2) is 4.98 Å². The molecule has 0 bridgehead atoms. The summed E-state index contributed by atoms with van der Waals surface area (Å²) in [4.78, 5) is 39.0. The highest BCUT2D eigenvalue weighted by Crippen LogP contribution is 2.19. The lowest BCUT2D eigenvalue weighted by atomic mass is 10.3. The number of carbonyl (C=O) groups excluding carboxylic acids is 1. The van der Waals surface area contributed by atoms with Gasteiger partial charge in [-0.05, 0) is 32.2 Å². The number of benzene rings is 1. The summed E-state index contributed by atoms with van der Waals surface area (Å²) in [6.45, 7) is 7.27. The molecular formula is C22H26N8O2. The van der Waals surface area contributed by atoms with Crippen LogP contribution in [0.2, 0.25) is 0 Å². The van der Waals surface area contributed by atoms with E-state index in [1.807, 2.05) is 25.1 Å². The van der Waals surface area contributed by atoms with E-state index in [0.29, 0.717) is 29.6 Å². The zero-order valence-electron chi connectivity index (χ0n) is 18.4. The molecule has 1 fully saturated rings. The third-order valence-electron chi connectivity index (χ3n) is 5.03. The number of aryl methyl sites for hydroxylation is 2. The lowest BCUT2D eigenvalue weighted by Crippen LogP contribution is -2.45. The standard InChI is InChI=1S/C22H26N8O2/c1-4-18-26-20(30-12-10-29(3)11-13-30)28-22(27-18)32-21-23-15(2)14-17(25-21)19(31)24-16-8-6-5-7-9-16/h5-9,14H,4,10-13H2,1-3H3,(H,24,31). The Hall–Kier alpha value is -3.66. The number of nitrogens with zero attached hydrogens (tertiary/aromatic N) is 7. The first-order chi connectivity index (χ1) is 15.5. The van der Waals surface area contributed by atoms with Gasteiger partial charge in [0.25, 0.3) is 5.91 Å². The Labute approximate surface area is 186 Å². The summed E-state index contributed by atoms with van der Waals surface area (Å²) < 4.78 is 5.79. The maximum atomic E-state index is 12.6.